The minimum atomic E-state index is 0.112. The molecule has 0 aliphatic carbocycles. The van der Waals surface area contributed by atoms with Gasteiger partial charge in [0.15, 0.2) is 0 Å². The van der Waals surface area contributed by atoms with Crippen LogP contribution in [-0.4, -0.2) is 65.2 Å². The molecule has 0 atom stereocenters. The fourth-order valence-electron chi connectivity index (χ4n) is 3.64. The van der Waals surface area contributed by atoms with Crippen molar-refractivity contribution < 1.29 is 9.21 Å². The number of nitrogens with zero attached hydrogens (tertiary/aromatic N) is 5. The SMILES string of the molecule is CCCN(Cc1nnc(-c2cccs2)o1)C(=O)CN1CCN(c2ccccc2)CC1. The lowest BCUT2D eigenvalue weighted by Gasteiger charge is -2.36. The number of aromatic nitrogens is 2. The second-order valence-corrected chi connectivity index (χ2v) is 8.34. The lowest BCUT2D eigenvalue weighted by molar-refractivity contribution is -0.133. The molecule has 0 radical (unpaired) electrons. The van der Waals surface area contributed by atoms with E-state index in [1.807, 2.05) is 28.5 Å². The molecule has 0 saturated carbocycles. The summed E-state index contributed by atoms with van der Waals surface area (Å²) in [6.45, 7) is 7.15. The maximum atomic E-state index is 13.0. The number of amides is 1. The molecule has 2 aromatic heterocycles. The molecular weight excluding hydrogens is 398 g/mol. The molecule has 1 aliphatic heterocycles. The Balaban J connectivity index is 1.31. The van der Waals surface area contributed by atoms with Crippen LogP contribution in [0.4, 0.5) is 5.69 Å². The molecular formula is C22H27N5O2S. The molecule has 0 spiro atoms. The van der Waals surface area contributed by atoms with Gasteiger partial charge in [-0.2, -0.15) is 0 Å². The molecule has 1 aromatic carbocycles. The van der Waals surface area contributed by atoms with Gasteiger partial charge in [-0.3, -0.25) is 9.69 Å². The zero-order chi connectivity index (χ0) is 20.8. The average Bonchev–Trinajstić information content (AvgIpc) is 3.47. The first-order valence-corrected chi connectivity index (χ1v) is 11.3. The summed E-state index contributed by atoms with van der Waals surface area (Å²) in [5.41, 5.74) is 1.24. The standard InChI is InChI=1S/C22H27N5O2S/c1-2-10-27(16-20-23-24-22(29-20)19-9-6-15-30-19)21(28)17-25-11-13-26(14-12-25)18-7-4-3-5-8-18/h3-9,15H,2,10-14,16-17H2,1H3. The topological polar surface area (TPSA) is 65.7 Å². The van der Waals surface area contributed by atoms with E-state index in [-0.39, 0.29) is 5.91 Å². The molecule has 1 fully saturated rings. The van der Waals surface area contributed by atoms with Gasteiger partial charge in [0, 0.05) is 38.4 Å². The molecule has 0 unspecified atom stereocenters. The summed E-state index contributed by atoms with van der Waals surface area (Å²) in [6, 6.07) is 14.3. The zero-order valence-electron chi connectivity index (χ0n) is 17.2. The second-order valence-electron chi connectivity index (χ2n) is 7.39. The third-order valence-corrected chi connectivity index (χ3v) is 6.08. The average molecular weight is 426 g/mol. The summed E-state index contributed by atoms with van der Waals surface area (Å²) in [5.74, 6) is 1.11. The fourth-order valence-corrected chi connectivity index (χ4v) is 4.28. The van der Waals surface area contributed by atoms with Crippen LogP contribution in [0.3, 0.4) is 0 Å². The van der Waals surface area contributed by atoms with Crippen molar-refractivity contribution in [1.82, 2.24) is 20.0 Å². The molecule has 1 aliphatic rings. The van der Waals surface area contributed by atoms with Gasteiger partial charge in [0.1, 0.15) is 0 Å². The van der Waals surface area contributed by atoms with Crippen molar-refractivity contribution in [3.8, 4) is 10.8 Å². The van der Waals surface area contributed by atoms with E-state index in [4.69, 9.17) is 4.42 Å². The Bertz CT molecular complexity index is 920. The van der Waals surface area contributed by atoms with Crippen LogP contribution >= 0.6 is 11.3 Å². The van der Waals surface area contributed by atoms with E-state index in [1.54, 1.807) is 11.3 Å². The Hall–Kier alpha value is -2.71. The van der Waals surface area contributed by atoms with Gasteiger partial charge in [-0.15, -0.1) is 21.5 Å². The minimum absolute atomic E-state index is 0.112. The van der Waals surface area contributed by atoms with E-state index < -0.39 is 0 Å². The first kappa shape index (κ1) is 20.6. The highest BCUT2D eigenvalue weighted by atomic mass is 32.1. The lowest BCUT2D eigenvalue weighted by Crippen LogP contribution is -2.50. The lowest BCUT2D eigenvalue weighted by atomic mass is 10.2. The van der Waals surface area contributed by atoms with Gasteiger partial charge in [-0.1, -0.05) is 31.2 Å². The Kier molecular flexibility index (Phi) is 6.76. The van der Waals surface area contributed by atoms with Crippen molar-refractivity contribution in [1.29, 1.82) is 0 Å². The van der Waals surface area contributed by atoms with Gasteiger partial charge in [-0.25, -0.2) is 0 Å². The smallest absolute Gasteiger partial charge is 0.257 e. The number of rotatable bonds is 8. The molecule has 30 heavy (non-hydrogen) atoms. The fraction of sp³-hybridized carbons (Fsp3) is 0.409. The number of carbonyl (C=O) groups is 1. The van der Waals surface area contributed by atoms with Gasteiger partial charge in [0.05, 0.1) is 18.0 Å². The Morgan fingerprint density at radius 3 is 2.60 bits per heavy atom. The summed E-state index contributed by atoms with van der Waals surface area (Å²) in [7, 11) is 0. The first-order chi connectivity index (χ1) is 14.7. The van der Waals surface area contributed by atoms with E-state index in [0.29, 0.717) is 31.4 Å². The molecule has 8 heteroatoms. The molecule has 7 nitrogen and oxygen atoms in total. The molecule has 0 bridgehead atoms. The quantitative estimate of drug-likeness (QED) is 0.551. The number of hydrogen-bond donors (Lipinski definition) is 0. The largest absolute Gasteiger partial charge is 0.418 e. The van der Waals surface area contributed by atoms with Crippen LogP contribution in [0.5, 0.6) is 0 Å². The highest BCUT2D eigenvalue weighted by Crippen LogP contribution is 2.23. The number of para-hydroxylation sites is 1. The molecule has 3 aromatic rings. The maximum Gasteiger partial charge on any atom is 0.257 e. The van der Waals surface area contributed by atoms with Gasteiger partial charge in [0.25, 0.3) is 5.89 Å². The summed E-state index contributed by atoms with van der Waals surface area (Å²) >= 11 is 1.56. The van der Waals surface area contributed by atoms with Crippen LogP contribution in [-0.2, 0) is 11.3 Å². The van der Waals surface area contributed by atoms with Gasteiger partial charge in [0.2, 0.25) is 11.8 Å². The summed E-state index contributed by atoms with van der Waals surface area (Å²) in [5, 5.41) is 10.2. The number of benzene rings is 1. The van der Waals surface area contributed by atoms with Crippen LogP contribution in [0, 0.1) is 0 Å². The van der Waals surface area contributed by atoms with Crippen molar-refractivity contribution >= 4 is 22.9 Å². The first-order valence-electron chi connectivity index (χ1n) is 10.4. The van der Waals surface area contributed by atoms with Crippen LogP contribution in [0.1, 0.15) is 19.2 Å². The highest BCUT2D eigenvalue weighted by Gasteiger charge is 2.23. The predicted molar refractivity (Wildman–Crippen MR) is 118 cm³/mol. The summed E-state index contributed by atoms with van der Waals surface area (Å²) < 4.78 is 5.78. The number of anilines is 1. The Labute approximate surface area is 180 Å². The third-order valence-electron chi connectivity index (χ3n) is 5.22. The van der Waals surface area contributed by atoms with Crippen molar-refractivity contribution in [2.24, 2.45) is 0 Å². The van der Waals surface area contributed by atoms with E-state index in [1.165, 1.54) is 5.69 Å². The second kappa shape index (κ2) is 9.86. The minimum Gasteiger partial charge on any atom is -0.418 e. The Morgan fingerprint density at radius 2 is 1.90 bits per heavy atom. The molecule has 3 heterocycles. The van der Waals surface area contributed by atoms with E-state index in [0.717, 1.165) is 37.5 Å². The molecule has 1 amide bonds. The van der Waals surface area contributed by atoms with Gasteiger partial charge < -0.3 is 14.2 Å². The normalized spacial score (nSPS) is 14.8. The number of piperazine rings is 1. The van der Waals surface area contributed by atoms with E-state index >= 15 is 0 Å². The highest BCUT2D eigenvalue weighted by molar-refractivity contribution is 7.13. The summed E-state index contributed by atoms with van der Waals surface area (Å²) in [4.78, 5) is 20.3. The van der Waals surface area contributed by atoms with E-state index in [9.17, 15) is 4.79 Å². The van der Waals surface area contributed by atoms with Crippen LogP contribution < -0.4 is 4.90 Å². The van der Waals surface area contributed by atoms with Crippen molar-refractivity contribution in [2.45, 2.75) is 19.9 Å². The maximum absolute atomic E-state index is 13.0. The predicted octanol–water partition coefficient (Wildman–Crippen LogP) is 3.36. The van der Waals surface area contributed by atoms with Crippen LogP contribution in [0.25, 0.3) is 10.8 Å². The van der Waals surface area contributed by atoms with Crippen LogP contribution in [0.15, 0.2) is 52.3 Å². The number of hydrogen-bond acceptors (Lipinski definition) is 7. The monoisotopic (exact) mass is 425 g/mol. The van der Waals surface area contributed by atoms with Crippen LogP contribution in [0.2, 0.25) is 0 Å². The molecule has 158 valence electrons. The zero-order valence-corrected chi connectivity index (χ0v) is 18.1. The van der Waals surface area contributed by atoms with Crippen molar-refractivity contribution in [2.75, 3.05) is 44.2 Å². The number of thiophene rings is 1. The molecule has 0 N–H and O–H groups in total. The third kappa shape index (κ3) is 5.06. The molecule has 1 saturated heterocycles. The molecule has 4 rings (SSSR count). The Morgan fingerprint density at radius 1 is 1.10 bits per heavy atom. The number of carbonyl (C=O) groups excluding carboxylic acids is 1. The van der Waals surface area contributed by atoms with Gasteiger partial charge in [-0.05, 0) is 30.0 Å². The van der Waals surface area contributed by atoms with Crippen molar-refractivity contribution in [3.05, 3.63) is 53.7 Å². The van der Waals surface area contributed by atoms with E-state index in [2.05, 4.69) is 51.2 Å². The van der Waals surface area contributed by atoms with Gasteiger partial charge >= 0.3 is 0 Å². The van der Waals surface area contributed by atoms with Crippen molar-refractivity contribution in [3.63, 3.8) is 0 Å². The summed E-state index contributed by atoms with van der Waals surface area (Å²) in [6.07, 6.45) is 0.888.